The van der Waals surface area contributed by atoms with E-state index in [0.29, 0.717) is 24.7 Å². The van der Waals surface area contributed by atoms with E-state index >= 15 is 0 Å². The summed E-state index contributed by atoms with van der Waals surface area (Å²) in [5.74, 6) is 2.30. The van der Waals surface area contributed by atoms with Crippen molar-refractivity contribution in [3.05, 3.63) is 42.4 Å². The number of piperidine rings is 1. The predicted molar refractivity (Wildman–Crippen MR) is 113 cm³/mol. The molecule has 2 heterocycles. The van der Waals surface area contributed by atoms with Crippen molar-refractivity contribution < 1.29 is 9.21 Å². The Morgan fingerprint density at radius 1 is 1.22 bits per heavy atom. The van der Waals surface area contributed by atoms with E-state index in [1.165, 1.54) is 0 Å². The van der Waals surface area contributed by atoms with Gasteiger partial charge in [-0.15, -0.1) is 24.8 Å². The SMILES string of the molecule is CCNCC1CCN(C(=O)CCc2ncc(-c3ccccc3)o2)CC1.Cl.Cl. The minimum absolute atomic E-state index is 0. The van der Waals surface area contributed by atoms with Gasteiger partial charge >= 0.3 is 0 Å². The first kappa shape index (κ1) is 23.5. The number of benzene rings is 1. The van der Waals surface area contributed by atoms with Gasteiger partial charge < -0.3 is 14.6 Å². The third kappa shape index (κ3) is 6.83. The molecule has 0 atom stereocenters. The molecule has 5 nitrogen and oxygen atoms in total. The van der Waals surface area contributed by atoms with Crippen LogP contribution < -0.4 is 5.32 Å². The van der Waals surface area contributed by atoms with Crippen LogP contribution in [-0.4, -0.2) is 42.0 Å². The molecule has 3 rings (SSSR count). The molecule has 2 aromatic rings. The summed E-state index contributed by atoms with van der Waals surface area (Å²) in [6.45, 7) is 5.95. The van der Waals surface area contributed by atoms with Gasteiger partial charge in [-0.1, -0.05) is 37.3 Å². The van der Waals surface area contributed by atoms with Crippen molar-refractivity contribution in [3.63, 3.8) is 0 Å². The topological polar surface area (TPSA) is 58.4 Å². The molecule has 0 spiro atoms. The lowest BCUT2D eigenvalue weighted by molar-refractivity contribution is -0.132. The van der Waals surface area contributed by atoms with Crippen LogP contribution in [0.25, 0.3) is 11.3 Å². The summed E-state index contributed by atoms with van der Waals surface area (Å²) >= 11 is 0. The van der Waals surface area contributed by atoms with Crippen LogP contribution in [0.1, 0.15) is 32.1 Å². The van der Waals surface area contributed by atoms with Gasteiger partial charge in [0.1, 0.15) is 0 Å². The second-order valence-corrected chi connectivity index (χ2v) is 6.62. The second kappa shape index (κ2) is 12.0. The third-order valence-corrected chi connectivity index (χ3v) is 4.81. The Balaban J connectivity index is 0.00000182. The van der Waals surface area contributed by atoms with Gasteiger partial charge in [-0.05, 0) is 31.8 Å². The number of carbonyl (C=O) groups is 1. The maximum Gasteiger partial charge on any atom is 0.223 e. The number of rotatable bonds is 7. The molecule has 0 radical (unpaired) electrons. The normalized spacial score (nSPS) is 14.3. The Morgan fingerprint density at radius 3 is 2.59 bits per heavy atom. The van der Waals surface area contributed by atoms with Gasteiger partial charge in [0.05, 0.1) is 6.20 Å². The zero-order chi connectivity index (χ0) is 17.5. The van der Waals surface area contributed by atoms with Crippen LogP contribution in [0.3, 0.4) is 0 Å². The number of halogens is 2. The number of aromatic nitrogens is 1. The van der Waals surface area contributed by atoms with E-state index in [1.807, 2.05) is 35.2 Å². The highest BCUT2D eigenvalue weighted by Gasteiger charge is 2.22. The summed E-state index contributed by atoms with van der Waals surface area (Å²) < 4.78 is 5.78. The molecule has 1 fully saturated rings. The molecule has 1 saturated heterocycles. The number of likely N-dealkylation sites (tertiary alicyclic amines) is 1. The van der Waals surface area contributed by atoms with E-state index in [4.69, 9.17) is 4.42 Å². The molecule has 27 heavy (non-hydrogen) atoms. The summed E-state index contributed by atoms with van der Waals surface area (Å²) in [6.07, 6.45) is 4.95. The summed E-state index contributed by atoms with van der Waals surface area (Å²) in [5, 5.41) is 3.40. The monoisotopic (exact) mass is 413 g/mol. The largest absolute Gasteiger partial charge is 0.441 e. The Labute approximate surface area is 173 Å². The van der Waals surface area contributed by atoms with E-state index in [1.54, 1.807) is 6.20 Å². The average Bonchev–Trinajstić information content (AvgIpc) is 3.14. The van der Waals surface area contributed by atoms with Crippen LogP contribution in [-0.2, 0) is 11.2 Å². The molecule has 1 amide bonds. The van der Waals surface area contributed by atoms with E-state index in [-0.39, 0.29) is 30.7 Å². The molecule has 0 aliphatic carbocycles. The Morgan fingerprint density at radius 2 is 1.93 bits per heavy atom. The van der Waals surface area contributed by atoms with Gasteiger partial charge in [-0.25, -0.2) is 4.98 Å². The Kier molecular flexibility index (Phi) is 10.4. The van der Waals surface area contributed by atoms with E-state index < -0.39 is 0 Å². The van der Waals surface area contributed by atoms with Crippen molar-refractivity contribution >= 4 is 30.7 Å². The number of nitrogens with one attached hydrogen (secondary N) is 1. The number of hydrogen-bond donors (Lipinski definition) is 1. The molecular weight excluding hydrogens is 385 g/mol. The zero-order valence-corrected chi connectivity index (χ0v) is 17.4. The Hall–Kier alpha value is -1.56. The van der Waals surface area contributed by atoms with Gasteiger partial charge in [-0.2, -0.15) is 0 Å². The van der Waals surface area contributed by atoms with Crippen LogP contribution in [0.4, 0.5) is 0 Å². The molecule has 1 aliphatic rings. The van der Waals surface area contributed by atoms with E-state index in [2.05, 4.69) is 17.2 Å². The fraction of sp³-hybridized carbons (Fsp3) is 0.500. The van der Waals surface area contributed by atoms with Gasteiger partial charge in [0, 0.05) is 31.5 Å². The maximum atomic E-state index is 12.4. The van der Waals surface area contributed by atoms with Crippen molar-refractivity contribution in [1.82, 2.24) is 15.2 Å². The first-order valence-electron chi connectivity index (χ1n) is 9.25. The smallest absolute Gasteiger partial charge is 0.223 e. The highest BCUT2D eigenvalue weighted by molar-refractivity contribution is 5.85. The third-order valence-electron chi connectivity index (χ3n) is 4.81. The quantitative estimate of drug-likeness (QED) is 0.745. The summed E-state index contributed by atoms with van der Waals surface area (Å²) in [5.41, 5.74) is 1.01. The Bertz CT molecular complexity index is 671. The van der Waals surface area contributed by atoms with E-state index in [9.17, 15) is 4.79 Å². The lowest BCUT2D eigenvalue weighted by Gasteiger charge is -2.32. The van der Waals surface area contributed by atoms with Crippen LogP contribution in [0.15, 0.2) is 40.9 Å². The van der Waals surface area contributed by atoms with Crippen molar-refractivity contribution in [1.29, 1.82) is 0 Å². The van der Waals surface area contributed by atoms with Gasteiger partial charge in [-0.3, -0.25) is 4.79 Å². The van der Waals surface area contributed by atoms with Gasteiger partial charge in [0.25, 0.3) is 0 Å². The van der Waals surface area contributed by atoms with Crippen molar-refractivity contribution in [2.45, 2.75) is 32.6 Å². The number of hydrogen-bond acceptors (Lipinski definition) is 4. The van der Waals surface area contributed by atoms with Gasteiger partial charge in [0.2, 0.25) is 5.91 Å². The number of aryl methyl sites for hydroxylation is 1. The lowest BCUT2D eigenvalue weighted by atomic mass is 9.96. The minimum Gasteiger partial charge on any atom is -0.441 e. The van der Waals surface area contributed by atoms with Crippen LogP contribution in [0.2, 0.25) is 0 Å². The first-order chi connectivity index (χ1) is 12.3. The molecule has 0 saturated carbocycles. The zero-order valence-electron chi connectivity index (χ0n) is 15.7. The molecule has 1 aliphatic heterocycles. The van der Waals surface area contributed by atoms with Crippen LogP contribution in [0, 0.1) is 5.92 Å². The van der Waals surface area contributed by atoms with Crippen molar-refractivity contribution in [3.8, 4) is 11.3 Å². The van der Waals surface area contributed by atoms with Crippen LogP contribution >= 0.6 is 24.8 Å². The molecular formula is C20H29Cl2N3O2. The van der Waals surface area contributed by atoms with E-state index in [0.717, 1.165) is 50.3 Å². The second-order valence-electron chi connectivity index (χ2n) is 6.62. The van der Waals surface area contributed by atoms with Crippen LogP contribution in [0.5, 0.6) is 0 Å². The number of amides is 1. The highest BCUT2D eigenvalue weighted by atomic mass is 35.5. The number of oxazole rings is 1. The summed E-state index contributed by atoms with van der Waals surface area (Å²) in [6, 6.07) is 9.91. The fourth-order valence-electron chi connectivity index (χ4n) is 3.27. The van der Waals surface area contributed by atoms with Crippen molar-refractivity contribution in [2.75, 3.05) is 26.2 Å². The predicted octanol–water partition coefficient (Wildman–Crippen LogP) is 3.97. The maximum absolute atomic E-state index is 12.4. The molecule has 150 valence electrons. The molecule has 0 unspecified atom stereocenters. The number of nitrogens with zero attached hydrogens (tertiary/aromatic N) is 2. The standard InChI is InChI=1S/C20H27N3O2.2ClH/c1-2-21-14-16-10-12-23(13-11-16)20(24)9-8-19-22-15-18(25-19)17-6-4-3-5-7-17;;/h3-7,15-16,21H,2,8-14H2,1H3;2*1H. The number of carbonyl (C=O) groups excluding carboxylic acids is 1. The summed E-state index contributed by atoms with van der Waals surface area (Å²) in [7, 11) is 0. The molecule has 7 heteroatoms. The molecule has 0 bridgehead atoms. The average molecular weight is 414 g/mol. The fourth-order valence-corrected chi connectivity index (χ4v) is 3.27. The minimum atomic E-state index is 0. The first-order valence-corrected chi connectivity index (χ1v) is 9.25. The lowest BCUT2D eigenvalue weighted by Crippen LogP contribution is -2.40. The van der Waals surface area contributed by atoms with Gasteiger partial charge in [0.15, 0.2) is 11.7 Å². The van der Waals surface area contributed by atoms with Crippen molar-refractivity contribution in [2.24, 2.45) is 5.92 Å². The summed E-state index contributed by atoms with van der Waals surface area (Å²) in [4.78, 5) is 18.7. The molecule has 1 aromatic carbocycles. The molecule has 1 aromatic heterocycles. The highest BCUT2D eigenvalue weighted by Crippen LogP contribution is 2.21. The molecule has 1 N–H and O–H groups in total.